The molecule has 0 amide bonds. The summed E-state index contributed by atoms with van der Waals surface area (Å²) in [6.45, 7) is 2.05. The Morgan fingerprint density at radius 2 is 1.72 bits per heavy atom. The number of pyridine rings is 2. The van der Waals surface area contributed by atoms with E-state index >= 15 is 0 Å². The van der Waals surface area contributed by atoms with Gasteiger partial charge in [-0.2, -0.15) is 13.2 Å². The maximum Gasteiger partial charge on any atom is 0.422 e. The van der Waals surface area contributed by atoms with Gasteiger partial charge in [-0.3, -0.25) is 14.3 Å². The monoisotopic (exact) mass is 540 g/mol. The second kappa shape index (κ2) is 10.7. The van der Waals surface area contributed by atoms with Crippen LogP contribution in [-0.4, -0.2) is 32.3 Å². The summed E-state index contributed by atoms with van der Waals surface area (Å²) < 4.78 is 59.3. The van der Waals surface area contributed by atoms with E-state index in [0.717, 1.165) is 29.4 Å². The van der Waals surface area contributed by atoms with E-state index in [2.05, 4.69) is 15.0 Å². The Labute approximate surface area is 222 Å². The summed E-state index contributed by atoms with van der Waals surface area (Å²) in [5.41, 5.74) is 3.21. The van der Waals surface area contributed by atoms with Crippen LogP contribution in [0.2, 0.25) is 0 Å². The Morgan fingerprint density at radius 1 is 1.00 bits per heavy atom. The van der Waals surface area contributed by atoms with Crippen LogP contribution in [0.1, 0.15) is 65.6 Å². The molecule has 1 saturated carbocycles. The van der Waals surface area contributed by atoms with Crippen molar-refractivity contribution in [1.29, 1.82) is 0 Å². The van der Waals surface area contributed by atoms with Gasteiger partial charge in [-0.25, -0.2) is 14.4 Å². The molecule has 5 rings (SSSR count). The summed E-state index contributed by atoms with van der Waals surface area (Å²) in [6, 6.07) is 10.7. The third kappa shape index (κ3) is 5.79. The number of rotatable bonds is 6. The van der Waals surface area contributed by atoms with Crippen LogP contribution < -0.4 is 10.3 Å². The summed E-state index contributed by atoms with van der Waals surface area (Å²) >= 11 is 0. The minimum absolute atomic E-state index is 0.0411. The van der Waals surface area contributed by atoms with E-state index in [9.17, 15) is 22.4 Å². The Balaban J connectivity index is 1.49. The fourth-order valence-electron chi connectivity index (χ4n) is 5.54. The smallest absolute Gasteiger partial charge is 0.422 e. The van der Waals surface area contributed by atoms with Crippen molar-refractivity contribution in [1.82, 2.24) is 19.5 Å². The number of aromatic nitrogens is 4. The minimum atomic E-state index is -4.54. The van der Waals surface area contributed by atoms with E-state index in [-0.39, 0.29) is 41.3 Å². The number of benzene rings is 1. The summed E-state index contributed by atoms with van der Waals surface area (Å²) in [5.74, 6) is -0.433. The highest BCUT2D eigenvalue weighted by Gasteiger charge is 2.30. The molecule has 204 valence electrons. The highest BCUT2D eigenvalue weighted by atomic mass is 19.4. The van der Waals surface area contributed by atoms with Crippen LogP contribution in [0.3, 0.4) is 0 Å². The first kappa shape index (κ1) is 26.8. The molecule has 4 aromatic rings. The molecule has 0 aliphatic heterocycles. The molecule has 10 heteroatoms. The number of fused-ring (bicyclic) bond motifs is 1. The van der Waals surface area contributed by atoms with Crippen molar-refractivity contribution in [2.45, 2.75) is 64.1 Å². The molecule has 1 aliphatic rings. The maximum absolute atomic E-state index is 14.6. The van der Waals surface area contributed by atoms with Gasteiger partial charge >= 0.3 is 6.18 Å². The van der Waals surface area contributed by atoms with Crippen LogP contribution in [0.25, 0.3) is 11.0 Å². The molecule has 0 spiro atoms. The average Bonchev–Trinajstić information content (AvgIpc) is 2.89. The van der Waals surface area contributed by atoms with Gasteiger partial charge in [0.2, 0.25) is 5.88 Å². The number of halogens is 4. The number of hydrogen-bond acceptors (Lipinski definition) is 5. The molecule has 39 heavy (non-hydrogen) atoms. The second-order valence-corrected chi connectivity index (χ2v) is 10.1. The quantitative estimate of drug-likeness (QED) is 0.266. The van der Waals surface area contributed by atoms with Gasteiger partial charge in [0.1, 0.15) is 17.2 Å². The van der Waals surface area contributed by atoms with Gasteiger partial charge in [0, 0.05) is 29.0 Å². The van der Waals surface area contributed by atoms with Crippen LogP contribution in [0.5, 0.6) is 5.88 Å². The Morgan fingerprint density at radius 3 is 2.44 bits per heavy atom. The lowest BCUT2D eigenvalue weighted by Gasteiger charge is -2.30. The van der Waals surface area contributed by atoms with Crippen molar-refractivity contribution in [3.63, 3.8) is 0 Å². The lowest BCUT2D eigenvalue weighted by Crippen LogP contribution is -2.29. The van der Waals surface area contributed by atoms with Crippen molar-refractivity contribution in [2.24, 2.45) is 0 Å². The third-order valence-electron chi connectivity index (χ3n) is 7.37. The molecular formula is C29H28F4N4O2. The molecule has 0 bridgehead atoms. The SMILES string of the molecule is Cc1ccc2cc(C3CCC(c4c(C)cccc4F)CC3)c(=O)n(Cc3nccnc3OCC(F)(F)F)c2n1. The summed E-state index contributed by atoms with van der Waals surface area (Å²) in [6.07, 6.45) is 0.956. The molecule has 1 aromatic carbocycles. The predicted octanol–water partition coefficient (Wildman–Crippen LogP) is 6.37. The maximum atomic E-state index is 14.6. The molecule has 0 atom stereocenters. The Hall–Kier alpha value is -3.82. The van der Waals surface area contributed by atoms with E-state index in [0.29, 0.717) is 29.7 Å². The molecule has 0 saturated heterocycles. The largest absolute Gasteiger partial charge is 0.467 e. The van der Waals surface area contributed by atoms with Gasteiger partial charge in [-0.05, 0) is 86.8 Å². The predicted molar refractivity (Wildman–Crippen MR) is 139 cm³/mol. The fourth-order valence-corrected chi connectivity index (χ4v) is 5.54. The third-order valence-corrected chi connectivity index (χ3v) is 7.37. The van der Waals surface area contributed by atoms with Crippen LogP contribution in [0.4, 0.5) is 17.6 Å². The number of alkyl halides is 3. The van der Waals surface area contributed by atoms with Crippen molar-refractivity contribution in [3.05, 3.63) is 93.0 Å². The average molecular weight is 541 g/mol. The standard InChI is InChI=1S/C29H28F4N4O2/c1-17-4-3-5-23(30)25(17)20-10-8-19(9-11-20)22-14-21-7-6-18(2)36-26(21)37(28(22)38)15-24-27(35-13-12-34-24)39-16-29(31,32)33/h3-7,12-14,19-20H,8-11,15-16H2,1-2H3. The van der Waals surface area contributed by atoms with E-state index in [1.165, 1.54) is 23.0 Å². The van der Waals surface area contributed by atoms with Gasteiger partial charge in [0.25, 0.3) is 5.56 Å². The highest BCUT2D eigenvalue weighted by Crippen LogP contribution is 2.41. The van der Waals surface area contributed by atoms with Crippen molar-refractivity contribution in [3.8, 4) is 5.88 Å². The van der Waals surface area contributed by atoms with Gasteiger partial charge < -0.3 is 4.74 Å². The molecule has 3 aromatic heterocycles. The van der Waals surface area contributed by atoms with Crippen molar-refractivity contribution < 1.29 is 22.3 Å². The Kier molecular flexibility index (Phi) is 7.38. The zero-order chi connectivity index (χ0) is 27.7. The molecule has 3 heterocycles. The topological polar surface area (TPSA) is 69.9 Å². The first-order chi connectivity index (χ1) is 18.6. The number of nitrogens with zero attached hydrogens (tertiary/aromatic N) is 4. The molecule has 6 nitrogen and oxygen atoms in total. The van der Waals surface area contributed by atoms with Crippen LogP contribution in [0, 0.1) is 19.7 Å². The number of ether oxygens (including phenoxy) is 1. The summed E-state index contributed by atoms with van der Waals surface area (Å²) in [7, 11) is 0. The second-order valence-electron chi connectivity index (χ2n) is 10.1. The molecule has 0 unspecified atom stereocenters. The number of hydrogen-bond donors (Lipinski definition) is 0. The van der Waals surface area contributed by atoms with Crippen LogP contribution in [0.15, 0.2) is 53.6 Å². The zero-order valence-corrected chi connectivity index (χ0v) is 21.6. The van der Waals surface area contributed by atoms with Gasteiger partial charge in [0.05, 0.1) is 6.54 Å². The van der Waals surface area contributed by atoms with E-state index in [1.807, 2.05) is 31.2 Å². The van der Waals surface area contributed by atoms with Crippen LogP contribution in [-0.2, 0) is 6.54 Å². The van der Waals surface area contributed by atoms with Gasteiger partial charge in [-0.1, -0.05) is 12.1 Å². The van der Waals surface area contributed by atoms with Gasteiger partial charge in [0.15, 0.2) is 6.61 Å². The van der Waals surface area contributed by atoms with Crippen molar-refractivity contribution >= 4 is 11.0 Å². The molecule has 1 aliphatic carbocycles. The van der Waals surface area contributed by atoms with E-state index < -0.39 is 12.8 Å². The van der Waals surface area contributed by atoms with Crippen LogP contribution >= 0.6 is 0 Å². The lowest BCUT2D eigenvalue weighted by atomic mass is 9.75. The van der Waals surface area contributed by atoms with Crippen molar-refractivity contribution in [2.75, 3.05) is 6.61 Å². The molecular weight excluding hydrogens is 512 g/mol. The lowest BCUT2D eigenvalue weighted by molar-refractivity contribution is -0.154. The first-order valence-electron chi connectivity index (χ1n) is 12.9. The number of aryl methyl sites for hydroxylation is 2. The normalized spacial score (nSPS) is 17.9. The summed E-state index contributed by atoms with van der Waals surface area (Å²) in [5, 5.41) is 0.740. The highest BCUT2D eigenvalue weighted by molar-refractivity contribution is 5.76. The van der Waals surface area contributed by atoms with Gasteiger partial charge in [-0.15, -0.1) is 0 Å². The molecule has 1 fully saturated rings. The van der Waals surface area contributed by atoms with E-state index in [4.69, 9.17) is 4.74 Å². The summed E-state index contributed by atoms with van der Waals surface area (Å²) in [4.78, 5) is 26.5. The Bertz CT molecular complexity index is 1540. The zero-order valence-electron chi connectivity index (χ0n) is 21.6. The molecule has 0 N–H and O–H groups in total. The molecule has 0 radical (unpaired) electrons. The minimum Gasteiger partial charge on any atom is -0.467 e. The fraction of sp³-hybridized carbons (Fsp3) is 0.379. The first-order valence-corrected chi connectivity index (χ1v) is 12.9. The van der Waals surface area contributed by atoms with E-state index in [1.54, 1.807) is 13.0 Å².